The zero-order valence-electron chi connectivity index (χ0n) is 8.52. The Hall–Kier alpha value is -1.01. The maximum Gasteiger partial charge on any atom is 0.197 e. The summed E-state index contributed by atoms with van der Waals surface area (Å²) in [5.74, 6) is 0.975. The van der Waals surface area contributed by atoms with Gasteiger partial charge in [-0.25, -0.2) is 0 Å². The molecule has 6 heteroatoms. The minimum Gasteiger partial charge on any atom is -0.490 e. The Bertz CT molecular complexity index is 301. The van der Waals surface area contributed by atoms with Gasteiger partial charge in [0.15, 0.2) is 16.6 Å². The van der Waals surface area contributed by atoms with E-state index in [1.54, 1.807) is 14.0 Å². The van der Waals surface area contributed by atoms with E-state index in [4.69, 9.17) is 10.5 Å². The summed E-state index contributed by atoms with van der Waals surface area (Å²) in [6.45, 7) is 2.26. The lowest BCUT2D eigenvalue weighted by Gasteiger charge is -2.19. The standard InChI is InChI=1S/C8H15N3O2S/c1-5(12)4-11(2)8-6(13-3)7(9)10-14-8/h5,12H,4H2,1-3H3,(H2,9,10). The van der Waals surface area contributed by atoms with Crippen LogP contribution in [0.2, 0.25) is 0 Å². The molecule has 0 aromatic carbocycles. The molecule has 1 heterocycles. The molecule has 0 aliphatic heterocycles. The quantitative estimate of drug-likeness (QED) is 0.770. The second-order valence-electron chi connectivity index (χ2n) is 3.14. The minimum absolute atomic E-state index is 0.393. The van der Waals surface area contributed by atoms with Crippen LogP contribution in [0.15, 0.2) is 0 Å². The van der Waals surface area contributed by atoms with Gasteiger partial charge in [0.1, 0.15) is 0 Å². The van der Waals surface area contributed by atoms with E-state index in [2.05, 4.69) is 4.37 Å². The summed E-state index contributed by atoms with van der Waals surface area (Å²) in [5, 5.41) is 10.1. The van der Waals surface area contributed by atoms with Crippen molar-refractivity contribution < 1.29 is 9.84 Å². The van der Waals surface area contributed by atoms with E-state index in [0.717, 1.165) is 5.00 Å². The van der Waals surface area contributed by atoms with Gasteiger partial charge in [-0.15, -0.1) is 0 Å². The van der Waals surface area contributed by atoms with Crippen LogP contribution >= 0.6 is 11.5 Å². The van der Waals surface area contributed by atoms with Gasteiger partial charge < -0.3 is 20.5 Å². The molecule has 1 aromatic rings. The Morgan fingerprint density at radius 2 is 2.36 bits per heavy atom. The van der Waals surface area contributed by atoms with Crippen molar-refractivity contribution >= 4 is 22.4 Å². The van der Waals surface area contributed by atoms with Crippen molar-refractivity contribution in [3.8, 4) is 5.75 Å². The highest BCUT2D eigenvalue weighted by Crippen LogP contribution is 2.37. The number of aliphatic hydroxyl groups is 1. The van der Waals surface area contributed by atoms with Gasteiger partial charge in [0.25, 0.3) is 0 Å². The second kappa shape index (κ2) is 4.47. The molecule has 80 valence electrons. The molecule has 0 aliphatic rings. The lowest BCUT2D eigenvalue weighted by atomic mass is 10.4. The fraction of sp³-hybridized carbons (Fsp3) is 0.625. The number of anilines is 2. The average Bonchev–Trinajstić information content (AvgIpc) is 2.45. The fourth-order valence-corrected chi connectivity index (χ4v) is 1.95. The lowest BCUT2D eigenvalue weighted by molar-refractivity contribution is 0.201. The smallest absolute Gasteiger partial charge is 0.197 e. The number of rotatable bonds is 4. The van der Waals surface area contributed by atoms with E-state index in [0.29, 0.717) is 18.1 Å². The maximum absolute atomic E-state index is 9.22. The van der Waals surface area contributed by atoms with E-state index in [9.17, 15) is 5.11 Å². The molecule has 0 radical (unpaired) electrons. The number of nitrogens with two attached hydrogens (primary N) is 1. The van der Waals surface area contributed by atoms with Crippen LogP contribution in [0.4, 0.5) is 10.8 Å². The maximum atomic E-state index is 9.22. The van der Waals surface area contributed by atoms with Crippen LogP contribution in [0.1, 0.15) is 6.92 Å². The molecule has 0 saturated heterocycles. The molecule has 0 amide bonds. The highest BCUT2D eigenvalue weighted by molar-refractivity contribution is 7.11. The summed E-state index contributed by atoms with van der Waals surface area (Å²) in [7, 11) is 3.42. The van der Waals surface area contributed by atoms with Gasteiger partial charge in [0.05, 0.1) is 13.2 Å². The summed E-state index contributed by atoms with van der Waals surface area (Å²) in [4.78, 5) is 1.87. The van der Waals surface area contributed by atoms with E-state index in [1.807, 2.05) is 11.9 Å². The Labute approximate surface area is 87.3 Å². The Kier molecular flexibility index (Phi) is 3.54. The van der Waals surface area contributed by atoms with Crippen molar-refractivity contribution in [2.75, 3.05) is 31.3 Å². The highest BCUT2D eigenvalue weighted by atomic mass is 32.1. The molecular weight excluding hydrogens is 202 g/mol. The van der Waals surface area contributed by atoms with Crippen molar-refractivity contribution in [1.82, 2.24) is 4.37 Å². The molecule has 1 atom stereocenters. The first-order chi connectivity index (χ1) is 6.56. The van der Waals surface area contributed by atoms with Gasteiger partial charge in [-0.1, -0.05) is 0 Å². The van der Waals surface area contributed by atoms with Gasteiger partial charge in [0.2, 0.25) is 0 Å². The van der Waals surface area contributed by atoms with Gasteiger partial charge >= 0.3 is 0 Å². The molecule has 0 spiro atoms. The average molecular weight is 217 g/mol. The summed E-state index contributed by atoms with van der Waals surface area (Å²) in [6.07, 6.45) is -0.395. The molecule has 0 aliphatic carbocycles. The largest absolute Gasteiger partial charge is 0.490 e. The van der Waals surface area contributed by atoms with Gasteiger partial charge in [-0.05, 0) is 18.5 Å². The zero-order chi connectivity index (χ0) is 10.7. The number of ether oxygens (including phenoxy) is 1. The molecule has 0 fully saturated rings. The molecule has 3 N–H and O–H groups in total. The third-order valence-corrected chi connectivity index (χ3v) is 2.70. The SMILES string of the molecule is COc1c(N)nsc1N(C)CC(C)O. The Morgan fingerprint density at radius 1 is 1.71 bits per heavy atom. The Morgan fingerprint density at radius 3 is 2.86 bits per heavy atom. The zero-order valence-corrected chi connectivity index (χ0v) is 9.34. The monoisotopic (exact) mass is 217 g/mol. The molecule has 14 heavy (non-hydrogen) atoms. The van der Waals surface area contributed by atoms with Crippen LogP contribution in [0, 0.1) is 0 Å². The number of nitrogen functional groups attached to an aromatic ring is 1. The van der Waals surface area contributed by atoms with E-state index in [-0.39, 0.29) is 0 Å². The van der Waals surface area contributed by atoms with Crippen LogP contribution in [0.5, 0.6) is 5.75 Å². The fourth-order valence-electron chi connectivity index (χ4n) is 1.20. The van der Waals surface area contributed by atoms with Crippen LogP contribution in [0.25, 0.3) is 0 Å². The first-order valence-corrected chi connectivity index (χ1v) is 5.02. The molecule has 0 bridgehead atoms. The predicted octanol–water partition coefficient (Wildman–Crippen LogP) is 0.551. The van der Waals surface area contributed by atoms with Gasteiger partial charge in [0, 0.05) is 13.6 Å². The first kappa shape index (κ1) is 11.1. The van der Waals surface area contributed by atoms with Gasteiger partial charge in [-0.2, -0.15) is 4.37 Å². The molecule has 1 aromatic heterocycles. The lowest BCUT2D eigenvalue weighted by Crippen LogP contribution is -2.26. The van der Waals surface area contributed by atoms with Crippen molar-refractivity contribution in [2.24, 2.45) is 0 Å². The normalized spacial score (nSPS) is 12.6. The number of nitrogens with zero attached hydrogens (tertiary/aromatic N) is 2. The number of hydrogen-bond donors (Lipinski definition) is 2. The summed E-state index contributed by atoms with van der Waals surface area (Å²) >= 11 is 1.27. The summed E-state index contributed by atoms with van der Waals surface area (Å²) in [6, 6.07) is 0. The predicted molar refractivity (Wildman–Crippen MR) is 58.0 cm³/mol. The van der Waals surface area contributed by atoms with Crippen LogP contribution < -0.4 is 15.4 Å². The topological polar surface area (TPSA) is 71.6 Å². The number of methoxy groups -OCH3 is 1. The minimum atomic E-state index is -0.395. The number of likely N-dealkylation sites (N-methyl/N-ethyl adjacent to an activating group) is 1. The van der Waals surface area contributed by atoms with E-state index in [1.165, 1.54) is 11.5 Å². The summed E-state index contributed by atoms with van der Waals surface area (Å²) in [5.41, 5.74) is 5.61. The number of aliphatic hydroxyl groups excluding tert-OH is 1. The molecule has 0 saturated carbocycles. The summed E-state index contributed by atoms with van der Waals surface area (Å²) < 4.78 is 9.11. The van der Waals surface area contributed by atoms with E-state index < -0.39 is 6.10 Å². The third-order valence-electron chi connectivity index (χ3n) is 1.75. The van der Waals surface area contributed by atoms with Crippen molar-refractivity contribution in [3.63, 3.8) is 0 Å². The second-order valence-corrected chi connectivity index (χ2v) is 3.89. The Balaban J connectivity index is 2.83. The first-order valence-electron chi connectivity index (χ1n) is 4.24. The van der Waals surface area contributed by atoms with E-state index >= 15 is 0 Å². The van der Waals surface area contributed by atoms with Gasteiger partial charge in [-0.3, -0.25) is 0 Å². The van der Waals surface area contributed by atoms with Crippen LogP contribution in [0.3, 0.4) is 0 Å². The highest BCUT2D eigenvalue weighted by Gasteiger charge is 2.16. The molecular formula is C8H15N3O2S. The van der Waals surface area contributed by atoms with Crippen LogP contribution in [-0.2, 0) is 0 Å². The van der Waals surface area contributed by atoms with Crippen molar-refractivity contribution in [2.45, 2.75) is 13.0 Å². The van der Waals surface area contributed by atoms with Crippen molar-refractivity contribution in [1.29, 1.82) is 0 Å². The number of aromatic nitrogens is 1. The molecule has 1 rings (SSSR count). The van der Waals surface area contributed by atoms with Crippen molar-refractivity contribution in [3.05, 3.63) is 0 Å². The van der Waals surface area contributed by atoms with Crippen LogP contribution in [-0.4, -0.2) is 36.3 Å². The third kappa shape index (κ3) is 2.27. The number of hydrogen-bond acceptors (Lipinski definition) is 6. The molecule has 5 nitrogen and oxygen atoms in total. The molecule has 1 unspecified atom stereocenters.